The van der Waals surface area contributed by atoms with E-state index in [-0.39, 0.29) is 11.9 Å². The van der Waals surface area contributed by atoms with E-state index < -0.39 is 0 Å². The van der Waals surface area contributed by atoms with Crippen LogP contribution in [0.2, 0.25) is 0 Å². The molecule has 3 rings (SSSR count). The second kappa shape index (κ2) is 6.70. The van der Waals surface area contributed by atoms with E-state index in [9.17, 15) is 4.79 Å². The molecular weight excluding hydrogens is 304 g/mol. The molecule has 1 amide bonds. The van der Waals surface area contributed by atoms with Gasteiger partial charge in [-0.05, 0) is 38.1 Å². The summed E-state index contributed by atoms with van der Waals surface area (Å²) in [5.74, 6) is 0.568. The molecule has 3 aromatic heterocycles. The van der Waals surface area contributed by atoms with Crippen molar-refractivity contribution in [3.8, 4) is 11.4 Å². The fourth-order valence-electron chi connectivity index (χ4n) is 2.55. The minimum absolute atomic E-state index is 0.0514. The Hall–Kier alpha value is -2.89. The second-order valence-corrected chi connectivity index (χ2v) is 5.95. The van der Waals surface area contributed by atoms with E-state index in [2.05, 4.69) is 10.1 Å². The smallest absolute Gasteiger partial charge is 0.270 e. The van der Waals surface area contributed by atoms with Gasteiger partial charge in [0, 0.05) is 31.5 Å². The Labute approximate surface area is 140 Å². The van der Waals surface area contributed by atoms with Crippen LogP contribution < -0.4 is 0 Å². The third kappa shape index (κ3) is 3.22. The van der Waals surface area contributed by atoms with E-state index in [1.165, 1.54) is 0 Å². The van der Waals surface area contributed by atoms with Gasteiger partial charge in [0.2, 0.25) is 0 Å². The molecule has 0 aliphatic heterocycles. The first kappa shape index (κ1) is 16.0. The Morgan fingerprint density at radius 1 is 1.25 bits per heavy atom. The molecule has 0 saturated carbocycles. The van der Waals surface area contributed by atoms with Gasteiger partial charge in [0.1, 0.15) is 11.4 Å². The van der Waals surface area contributed by atoms with E-state index in [4.69, 9.17) is 4.52 Å². The molecule has 0 fully saturated rings. The van der Waals surface area contributed by atoms with Crippen LogP contribution in [0.1, 0.15) is 36.1 Å². The minimum atomic E-state index is -0.0514. The van der Waals surface area contributed by atoms with Crippen LogP contribution in [0.3, 0.4) is 0 Å². The summed E-state index contributed by atoms with van der Waals surface area (Å²) < 4.78 is 7.30. The molecule has 3 heterocycles. The Morgan fingerprint density at radius 3 is 2.79 bits per heavy atom. The van der Waals surface area contributed by atoms with Crippen molar-refractivity contribution < 1.29 is 9.32 Å². The maximum Gasteiger partial charge on any atom is 0.270 e. The largest absolute Gasteiger partial charge is 0.359 e. The molecule has 0 unspecified atom stereocenters. The van der Waals surface area contributed by atoms with Crippen molar-refractivity contribution in [2.75, 3.05) is 7.05 Å². The Bertz CT molecular complexity index is 820. The molecule has 6 nitrogen and oxygen atoms in total. The average molecular weight is 324 g/mol. The summed E-state index contributed by atoms with van der Waals surface area (Å²) in [4.78, 5) is 18.5. The predicted molar refractivity (Wildman–Crippen MR) is 90.3 cm³/mol. The lowest BCUT2D eigenvalue weighted by Crippen LogP contribution is -2.28. The van der Waals surface area contributed by atoms with Gasteiger partial charge in [0.15, 0.2) is 5.76 Å². The third-order valence-electron chi connectivity index (χ3n) is 3.78. The van der Waals surface area contributed by atoms with Gasteiger partial charge in [-0.2, -0.15) is 0 Å². The van der Waals surface area contributed by atoms with Crippen LogP contribution in [0.5, 0.6) is 0 Å². The fourth-order valence-corrected chi connectivity index (χ4v) is 2.55. The Morgan fingerprint density at radius 2 is 2.08 bits per heavy atom. The van der Waals surface area contributed by atoms with Crippen LogP contribution in [-0.2, 0) is 6.54 Å². The van der Waals surface area contributed by atoms with Gasteiger partial charge in [0.05, 0.1) is 12.2 Å². The summed E-state index contributed by atoms with van der Waals surface area (Å²) in [6.45, 7) is 4.45. The highest BCUT2D eigenvalue weighted by Crippen LogP contribution is 2.18. The van der Waals surface area contributed by atoms with Gasteiger partial charge in [0.25, 0.3) is 5.91 Å². The first-order valence-corrected chi connectivity index (χ1v) is 7.85. The fraction of sp³-hybridized carbons (Fsp3) is 0.278. The normalized spacial score (nSPS) is 11.0. The molecule has 24 heavy (non-hydrogen) atoms. The highest BCUT2D eigenvalue weighted by Gasteiger charge is 2.19. The summed E-state index contributed by atoms with van der Waals surface area (Å²) in [6.07, 6.45) is 3.62. The molecule has 0 atom stereocenters. The monoisotopic (exact) mass is 324 g/mol. The number of hydrogen-bond donors (Lipinski definition) is 0. The predicted octanol–water partition coefficient (Wildman–Crippen LogP) is 3.39. The molecule has 124 valence electrons. The Balaban J connectivity index is 1.73. The van der Waals surface area contributed by atoms with Crippen molar-refractivity contribution in [1.82, 2.24) is 19.6 Å². The molecule has 0 N–H and O–H groups in total. The average Bonchev–Trinajstić information content (AvgIpc) is 3.24. The zero-order chi connectivity index (χ0) is 17.1. The quantitative estimate of drug-likeness (QED) is 0.721. The maximum atomic E-state index is 12.6. The number of hydrogen-bond acceptors (Lipinski definition) is 4. The molecule has 0 bridgehead atoms. The van der Waals surface area contributed by atoms with Crippen molar-refractivity contribution >= 4 is 5.91 Å². The topological polar surface area (TPSA) is 64.2 Å². The van der Waals surface area contributed by atoms with Crippen molar-refractivity contribution in [3.63, 3.8) is 0 Å². The second-order valence-electron chi connectivity index (χ2n) is 5.95. The summed E-state index contributed by atoms with van der Waals surface area (Å²) in [7, 11) is 1.75. The summed E-state index contributed by atoms with van der Waals surface area (Å²) >= 11 is 0. The van der Waals surface area contributed by atoms with E-state index in [1.54, 1.807) is 18.1 Å². The molecule has 0 radical (unpaired) electrons. The number of aromatic nitrogens is 3. The van der Waals surface area contributed by atoms with E-state index in [0.717, 1.165) is 5.69 Å². The summed E-state index contributed by atoms with van der Waals surface area (Å²) in [5, 5.41) is 4.03. The maximum absolute atomic E-state index is 12.6. The molecule has 3 aromatic rings. The van der Waals surface area contributed by atoms with Crippen LogP contribution in [0.4, 0.5) is 0 Å². The Kier molecular flexibility index (Phi) is 4.46. The molecule has 0 aliphatic carbocycles. The zero-order valence-electron chi connectivity index (χ0n) is 14.0. The van der Waals surface area contributed by atoms with Gasteiger partial charge >= 0.3 is 0 Å². The van der Waals surface area contributed by atoms with Crippen molar-refractivity contribution in [2.24, 2.45) is 0 Å². The lowest BCUT2D eigenvalue weighted by Gasteiger charge is -2.18. The lowest BCUT2D eigenvalue weighted by molar-refractivity contribution is 0.0760. The van der Waals surface area contributed by atoms with Crippen LogP contribution in [0.15, 0.2) is 53.3 Å². The van der Waals surface area contributed by atoms with E-state index >= 15 is 0 Å². The number of amides is 1. The van der Waals surface area contributed by atoms with Gasteiger partial charge in [-0.1, -0.05) is 11.2 Å². The van der Waals surface area contributed by atoms with Crippen LogP contribution in [0, 0.1) is 0 Å². The van der Waals surface area contributed by atoms with Crippen molar-refractivity contribution in [1.29, 1.82) is 0 Å². The first-order valence-electron chi connectivity index (χ1n) is 7.85. The molecule has 0 saturated heterocycles. The van der Waals surface area contributed by atoms with Gasteiger partial charge in [-0.15, -0.1) is 0 Å². The summed E-state index contributed by atoms with van der Waals surface area (Å²) in [5.41, 5.74) is 2.07. The number of rotatable bonds is 5. The van der Waals surface area contributed by atoms with E-state index in [0.29, 0.717) is 23.7 Å². The van der Waals surface area contributed by atoms with Crippen LogP contribution in [-0.4, -0.2) is 32.6 Å². The summed E-state index contributed by atoms with van der Waals surface area (Å²) in [6, 6.07) is 11.4. The standard InChI is InChI=1S/C18H20N4O2/c1-13(2)22-10-6-8-17(22)18(23)21(3)12-14-11-16(20-24-14)15-7-4-5-9-19-15/h4-11,13H,12H2,1-3H3. The van der Waals surface area contributed by atoms with E-state index in [1.807, 2.05) is 61.0 Å². The first-order chi connectivity index (χ1) is 11.6. The SMILES string of the molecule is CC(C)n1cccc1C(=O)N(C)Cc1cc(-c2ccccn2)no1. The lowest BCUT2D eigenvalue weighted by atomic mass is 10.2. The number of pyridine rings is 1. The van der Waals surface area contributed by atoms with Crippen LogP contribution in [0.25, 0.3) is 11.4 Å². The van der Waals surface area contributed by atoms with Gasteiger partial charge in [-0.3, -0.25) is 9.78 Å². The van der Waals surface area contributed by atoms with Gasteiger partial charge < -0.3 is 14.0 Å². The highest BCUT2D eigenvalue weighted by atomic mass is 16.5. The van der Waals surface area contributed by atoms with Crippen molar-refractivity contribution in [3.05, 3.63) is 60.2 Å². The molecule has 0 spiro atoms. The molecule has 0 aromatic carbocycles. The van der Waals surface area contributed by atoms with Crippen LogP contribution >= 0.6 is 0 Å². The van der Waals surface area contributed by atoms with Crippen molar-refractivity contribution in [2.45, 2.75) is 26.4 Å². The molecule has 6 heteroatoms. The molecule has 0 aliphatic rings. The highest BCUT2D eigenvalue weighted by molar-refractivity contribution is 5.92. The molecular formula is C18H20N4O2. The number of carbonyl (C=O) groups is 1. The zero-order valence-corrected chi connectivity index (χ0v) is 14.0. The number of nitrogens with zero attached hydrogens (tertiary/aromatic N) is 4. The minimum Gasteiger partial charge on any atom is -0.359 e. The third-order valence-corrected chi connectivity index (χ3v) is 3.78. The number of carbonyl (C=O) groups excluding carboxylic acids is 1. The van der Waals surface area contributed by atoms with Gasteiger partial charge in [-0.25, -0.2) is 0 Å².